The van der Waals surface area contributed by atoms with Crippen LogP contribution in [0.15, 0.2) is 12.4 Å². The molecule has 2 unspecified atom stereocenters. The van der Waals surface area contributed by atoms with E-state index in [2.05, 4.69) is 23.2 Å². The number of aliphatic hydroxyl groups is 1. The minimum absolute atomic E-state index is 0.0660. The van der Waals surface area contributed by atoms with Crippen LogP contribution in [0.4, 0.5) is 10.2 Å². The number of aromatic nitrogens is 3. The van der Waals surface area contributed by atoms with Crippen LogP contribution in [0.3, 0.4) is 0 Å². The summed E-state index contributed by atoms with van der Waals surface area (Å²) in [6, 6.07) is 1.01. The molecule has 3 rings (SSSR count). The van der Waals surface area contributed by atoms with Gasteiger partial charge in [-0.3, -0.25) is 10.3 Å². The molecule has 0 bridgehead atoms. The highest BCUT2D eigenvalue weighted by Crippen LogP contribution is 2.66. The minimum Gasteiger partial charge on any atom is -0.388 e. The standard InChI is InChI=1S/C11H17FN5O12P3/c12-5-1-6(17-9(5)10(13)15-4-16-17)7-2-8(18)11(14,27-7)3-26-31(22,23)29-32(24,25)28-30(19,20)21/h1,4,7-8,18H,2-3,14H2,(H,22,23)(H,24,25)(H2,13,15,16)(H2,19,20,21)/t7-,8+,11-/m1/s1. The fourth-order valence-corrected chi connectivity index (χ4v) is 5.93. The van der Waals surface area contributed by atoms with Crippen LogP contribution in [0.5, 0.6) is 0 Å². The van der Waals surface area contributed by atoms with Crippen LogP contribution in [0, 0.1) is 5.82 Å². The smallest absolute Gasteiger partial charge is 0.388 e. The molecule has 180 valence electrons. The molecular weight excluding hydrogens is 506 g/mol. The van der Waals surface area contributed by atoms with Crippen LogP contribution in [0.25, 0.3) is 5.52 Å². The average molecular weight is 523 g/mol. The lowest BCUT2D eigenvalue weighted by Gasteiger charge is -2.28. The largest absolute Gasteiger partial charge is 0.490 e. The summed E-state index contributed by atoms with van der Waals surface area (Å²) in [6.07, 6.45) is -1.88. The van der Waals surface area contributed by atoms with Gasteiger partial charge in [0.05, 0.1) is 5.69 Å². The molecule has 32 heavy (non-hydrogen) atoms. The summed E-state index contributed by atoms with van der Waals surface area (Å²) >= 11 is 0. The number of aliphatic hydroxyl groups excluding tert-OH is 1. The molecule has 2 aromatic rings. The van der Waals surface area contributed by atoms with Crippen LogP contribution in [-0.4, -0.2) is 57.7 Å². The Labute approximate surface area is 177 Å². The average Bonchev–Trinajstić information content (AvgIpc) is 3.09. The van der Waals surface area contributed by atoms with Crippen molar-refractivity contribution in [2.75, 3.05) is 12.3 Å². The molecule has 0 aliphatic carbocycles. The number of rotatable bonds is 8. The number of ether oxygens (including phenoxy) is 1. The van der Waals surface area contributed by atoms with E-state index in [9.17, 15) is 28.1 Å². The lowest BCUT2D eigenvalue weighted by molar-refractivity contribution is -0.107. The quantitative estimate of drug-likeness (QED) is 0.210. The maximum atomic E-state index is 14.2. The molecule has 0 radical (unpaired) electrons. The van der Waals surface area contributed by atoms with Crippen LogP contribution in [-0.2, 0) is 31.6 Å². The van der Waals surface area contributed by atoms with Crippen LogP contribution < -0.4 is 11.5 Å². The fourth-order valence-electron chi connectivity index (χ4n) is 2.87. The van der Waals surface area contributed by atoms with E-state index in [4.69, 9.17) is 30.9 Å². The van der Waals surface area contributed by atoms with Gasteiger partial charge in [-0.1, -0.05) is 0 Å². The summed E-state index contributed by atoms with van der Waals surface area (Å²) in [7, 11) is -16.8. The van der Waals surface area contributed by atoms with Crippen molar-refractivity contribution in [2.24, 2.45) is 5.73 Å². The monoisotopic (exact) mass is 523 g/mol. The second-order valence-electron chi connectivity index (χ2n) is 6.50. The molecule has 1 fully saturated rings. The van der Waals surface area contributed by atoms with E-state index in [1.807, 2.05) is 0 Å². The molecule has 0 aromatic carbocycles. The summed E-state index contributed by atoms with van der Waals surface area (Å²) in [5.74, 6) is -0.965. The van der Waals surface area contributed by atoms with Crippen molar-refractivity contribution in [2.45, 2.75) is 24.4 Å². The molecule has 0 amide bonds. The number of hydrogen-bond donors (Lipinski definition) is 7. The van der Waals surface area contributed by atoms with Crippen molar-refractivity contribution >= 4 is 34.8 Å². The number of nitrogens with zero attached hydrogens (tertiary/aromatic N) is 3. The highest BCUT2D eigenvalue weighted by molar-refractivity contribution is 7.66. The third kappa shape index (κ3) is 5.58. The predicted octanol–water partition coefficient (Wildman–Crippen LogP) is -0.729. The van der Waals surface area contributed by atoms with Gasteiger partial charge in [-0.25, -0.2) is 27.6 Å². The molecule has 9 N–H and O–H groups in total. The first-order valence-electron chi connectivity index (χ1n) is 8.23. The second kappa shape index (κ2) is 8.45. The Morgan fingerprint density at radius 1 is 1.25 bits per heavy atom. The highest BCUT2D eigenvalue weighted by atomic mass is 31.3. The van der Waals surface area contributed by atoms with E-state index in [0.717, 1.165) is 16.9 Å². The Morgan fingerprint density at radius 2 is 1.91 bits per heavy atom. The molecule has 1 aliphatic heterocycles. The normalized spacial score (nSPS) is 28.0. The van der Waals surface area contributed by atoms with Gasteiger partial charge in [-0.15, -0.1) is 0 Å². The SMILES string of the molecule is Nc1ncnn2c([C@H]3C[C@H](O)[C@@](N)(COP(=O)(O)OP(=O)(O)OP(=O)(O)O)O3)cc(F)c12. The zero-order valence-electron chi connectivity index (χ0n) is 15.5. The zero-order valence-corrected chi connectivity index (χ0v) is 18.2. The molecular formula is C11H17FN5O12P3. The van der Waals surface area contributed by atoms with E-state index in [-0.39, 0.29) is 23.4 Å². The molecule has 17 nitrogen and oxygen atoms in total. The van der Waals surface area contributed by atoms with Crippen molar-refractivity contribution in [3.63, 3.8) is 0 Å². The molecule has 2 aromatic heterocycles. The fraction of sp³-hybridized carbons (Fsp3) is 0.455. The second-order valence-corrected chi connectivity index (χ2v) is 10.9. The Morgan fingerprint density at radius 3 is 2.53 bits per heavy atom. The van der Waals surface area contributed by atoms with Gasteiger partial charge in [0, 0.05) is 12.5 Å². The van der Waals surface area contributed by atoms with Gasteiger partial charge in [0.1, 0.15) is 30.7 Å². The summed E-state index contributed by atoms with van der Waals surface area (Å²) in [4.78, 5) is 39.3. The number of nitrogen functional groups attached to an aromatic ring is 1. The van der Waals surface area contributed by atoms with Gasteiger partial charge < -0.3 is 35.2 Å². The van der Waals surface area contributed by atoms with Crippen LogP contribution in [0.2, 0.25) is 0 Å². The number of hydrogen-bond acceptors (Lipinski definition) is 12. The summed E-state index contributed by atoms with van der Waals surface area (Å²) in [5, 5.41) is 14.1. The van der Waals surface area contributed by atoms with Gasteiger partial charge in [-0.2, -0.15) is 13.7 Å². The Hall–Kier alpha value is -1.36. The predicted molar refractivity (Wildman–Crippen MR) is 98.5 cm³/mol. The number of phosphoric ester groups is 1. The Kier molecular flexibility index (Phi) is 6.67. The molecule has 1 aliphatic rings. The number of fused-ring (bicyclic) bond motifs is 1. The van der Waals surface area contributed by atoms with Crippen molar-refractivity contribution in [1.82, 2.24) is 14.6 Å². The number of nitrogens with two attached hydrogens (primary N) is 2. The summed E-state index contributed by atoms with van der Waals surface area (Å²) in [5.41, 5.74) is 9.17. The zero-order chi connectivity index (χ0) is 24.1. The maximum absolute atomic E-state index is 14.2. The number of phosphoric acid groups is 3. The lowest BCUT2D eigenvalue weighted by Crippen LogP contribution is -2.52. The Bertz CT molecular complexity index is 1170. The van der Waals surface area contributed by atoms with Gasteiger partial charge >= 0.3 is 23.5 Å². The topological polar surface area (TPSA) is 272 Å². The first-order chi connectivity index (χ1) is 14.5. The van der Waals surface area contributed by atoms with Crippen molar-refractivity contribution < 1.29 is 60.6 Å². The van der Waals surface area contributed by atoms with E-state index in [0.29, 0.717) is 0 Å². The first kappa shape index (κ1) is 25.3. The summed E-state index contributed by atoms with van der Waals surface area (Å²) < 4.78 is 66.2. The van der Waals surface area contributed by atoms with E-state index in [1.54, 1.807) is 0 Å². The van der Waals surface area contributed by atoms with Crippen molar-refractivity contribution in [3.8, 4) is 0 Å². The van der Waals surface area contributed by atoms with E-state index in [1.165, 1.54) is 0 Å². The number of halogens is 1. The van der Waals surface area contributed by atoms with Gasteiger partial charge in [-0.05, 0) is 0 Å². The van der Waals surface area contributed by atoms with E-state index >= 15 is 0 Å². The van der Waals surface area contributed by atoms with Gasteiger partial charge in [0.25, 0.3) is 0 Å². The maximum Gasteiger partial charge on any atom is 0.490 e. The van der Waals surface area contributed by atoms with Crippen molar-refractivity contribution in [1.29, 1.82) is 0 Å². The minimum atomic E-state index is -5.74. The van der Waals surface area contributed by atoms with Crippen molar-refractivity contribution in [3.05, 3.63) is 23.9 Å². The lowest BCUT2D eigenvalue weighted by atomic mass is 10.1. The molecule has 5 atom stereocenters. The molecule has 1 saturated heterocycles. The molecule has 0 saturated carbocycles. The van der Waals surface area contributed by atoms with Gasteiger partial charge in [0.15, 0.2) is 17.4 Å². The first-order valence-corrected chi connectivity index (χ1v) is 12.7. The molecule has 3 heterocycles. The molecule has 21 heteroatoms. The van der Waals surface area contributed by atoms with E-state index < -0.39 is 53.8 Å². The van der Waals surface area contributed by atoms with Crippen LogP contribution in [0.1, 0.15) is 18.2 Å². The Balaban J connectivity index is 1.74. The summed E-state index contributed by atoms with van der Waals surface area (Å²) in [6.45, 7) is -1.11. The highest BCUT2D eigenvalue weighted by Gasteiger charge is 2.49. The molecule has 0 spiro atoms. The van der Waals surface area contributed by atoms with Gasteiger partial charge in [0.2, 0.25) is 0 Å². The number of anilines is 1. The third-order valence-corrected chi connectivity index (χ3v) is 7.91. The third-order valence-electron chi connectivity index (χ3n) is 4.13. The van der Waals surface area contributed by atoms with Crippen LogP contribution >= 0.6 is 23.5 Å².